The molecule has 3 rings (SSSR count). The second-order valence-corrected chi connectivity index (χ2v) is 8.70. The van der Waals surface area contributed by atoms with Gasteiger partial charge in [0.1, 0.15) is 12.6 Å². The summed E-state index contributed by atoms with van der Waals surface area (Å²) in [6, 6.07) is 9.47. The summed E-state index contributed by atoms with van der Waals surface area (Å²) in [6.45, 7) is 3.43. The van der Waals surface area contributed by atoms with Crippen LogP contribution in [0.3, 0.4) is 0 Å². The molecule has 2 amide bonds. The molecule has 1 fully saturated rings. The number of thioether (sulfide) groups is 1. The Balaban J connectivity index is 1.83. The van der Waals surface area contributed by atoms with Gasteiger partial charge in [0.15, 0.2) is 11.5 Å². The predicted octanol–water partition coefficient (Wildman–Crippen LogP) is 5.57. The summed E-state index contributed by atoms with van der Waals surface area (Å²) < 4.78 is 16.2. The van der Waals surface area contributed by atoms with Crippen LogP contribution in [-0.4, -0.2) is 41.8 Å². The Morgan fingerprint density at radius 2 is 1.91 bits per heavy atom. The van der Waals surface area contributed by atoms with Gasteiger partial charge in [0, 0.05) is 10.6 Å². The van der Waals surface area contributed by atoms with Gasteiger partial charge in [-0.3, -0.25) is 14.5 Å². The first kappa shape index (κ1) is 25.0. The molecule has 0 saturated carbocycles. The first-order valence-corrected chi connectivity index (χ1v) is 11.5. The average Bonchev–Trinajstić information content (AvgIpc) is 3.06. The second kappa shape index (κ2) is 11.0. The highest BCUT2D eigenvalue weighted by atomic mass is 35.5. The molecular formula is C23H21Cl2NO6S. The highest BCUT2D eigenvalue weighted by Crippen LogP contribution is 2.40. The van der Waals surface area contributed by atoms with Crippen molar-refractivity contribution < 1.29 is 28.6 Å². The number of imide groups is 1. The Kier molecular flexibility index (Phi) is 8.29. The third-order valence-corrected chi connectivity index (χ3v) is 6.25. The van der Waals surface area contributed by atoms with Crippen molar-refractivity contribution in [1.82, 2.24) is 4.90 Å². The van der Waals surface area contributed by atoms with E-state index in [0.29, 0.717) is 22.1 Å². The molecule has 2 aromatic rings. The Hall–Kier alpha value is -2.68. The van der Waals surface area contributed by atoms with Crippen molar-refractivity contribution in [3.63, 3.8) is 0 Å². The van der Waals surface area contributed by atoms with Gasteiger partial charge in [-0.2, -0.15) is 0 Å². The average molecular weight is 510 g/mol. The normalized spacial score (nSPS) is 15.7. The number of benzene rings is 2. The maximum absolute atomic E-state index is 12.8. The lowest BCUT2D eigenvalue weighted by Crippen LogP contribution is -2.42. The minimum atomic E-state index is -1.03. The molecule has 2 aromatic carbocycles. The van der Waals surface area contributed by atoms with Crippen LogP contribution in [0.4, 0.5) is 4.79 Å². The number of rotatable bonds is 8. The molecule has 0 aliphatic carbocycles. The highest BCUT2D eigenvalue weighted by molar-refractivity contribution is 8.18. The van der Waals surface area contributed by atoms with Crippen molar-refractivity contribution in [2.45, 2.75) is 26.5 Å². The molecule has 174 valence electrons. The van der Waals surface area contributed by atoms with E-state index in [4.69, 9.17) is 37.4 Å². The molecular weight excluding hydrogens is 489 g/mol. The zero-order valence-electron chi connectivity index (χ0n) is 18.1. The van der Waals surface area contributed by atoms with E-state index in [-0.39, 0.29) is 23.1 Å². The van der Waals surface area contributed by atoms with E-state index in [1.165, 1.54) is 20.1 Å². The van der Waals surface area contributed by atoms with E-state index in [1.807, 2.05) is 18.2 Å². The van der Waals surface area contributed by atoms with E-state index in [0.717, 1.165) is 22.2 Å². The zero-order chi connectivity index (χ0) is 24.1. The quantitative estimate of drug-likeness (QED) is 0.339. The number of methoxy groups -OCH3 is 1. The molecule has 33 heavy (non-hydrogen) atoms. The highest BCUT2D eigenvalue weighted by Gasteiger charge is 2.41. The summed E-state index contributed by atoms with van der Waals surface area (Å²) in [5, 5.41) is 0.272. The Bertz CT molecular complexity index is 1120. The van der Waals surface area contributed by atoms with Crippen LogP contribution in [0, 0.1) is 0 Å². The molecule has 1 aliphatic rings. The Labute approximate surface area is 205 Å². The number of hydrogen-bond donors (Lipinski definition) is 0. The molecule has 1 atom stereocenters. The Morgan fingerprint density at radius 1 is 1.18 bits per heavy atom. The van der Waals surface area contributed by atoms with Crippen molar-refractivity contribution in [3.05, 3.63) is 62.5 Å². The second-order valence-electron chi connectivity index (χ2n) is 6.89. The van der Waals surface area contributed by atoms with E-state index < -0.39 is 23.2 Å². The number of nitrogens with zero attached hydrogens (tertiary/aromatic N) is 1. The minimum Gasteiger partial charge on any atom is -0.493 e. The molecule has 1 heterocycles. The van der Waals surface area contributed by atoms with Crippen LogP contribution in [0.1, 0.15) is 25.0 Å². The van der Waals surface area contributed by atoms with Crippen LogP contribution in [0.25, 0.3) is 6.08 Å². The fourth-order valence-corrected chi connectivity index (χ4v) is 4.43. The van der Waals surface area contributed by atoms with Gasteiger partial charge in [-0.1, -0.05) is 41.4 Å². The third-order valence-electron chi connectivity index (χ3n) is 4.72. The number of carbonyl (C=O) groups excluding carboxylic acids is 3. The number of amides is 2. The summed E-state index contributed by atoms with van der Waals surface area (Å²) in [5.41, 5.74) is 1.31. The molecule has 0 N–H and O–H groups in total. The largest absolute Gasteiger partial charge is 0.493 e. The lowest BCUT2D eigenvalue weighted by molar-refractivity contribution is -0.150. The molecule has 7 nitrogen and oxygen atoms in total. The van der Waals surface area contributed by atoms with Crippen molar-refractivity contribution in [2.24, 2.45) is 0 Å². The number of carbonyl (C=O) groups is 3. The van der Waals surface area contributed by atoms with Crippen LogP contribution < -0.4 is 9.47 Å². The summed E-state index contributed by atoms with van der Waals surface area (Å²) in [6.07, 6.45) is 1.51. The third kappa shape index (κ3) is 5.63. The standard InChI is InChI=1S/C23H21Cl2NO6S/c1-4-31-22(28)13(2)26-21(27)19(33-23(26)29)11-14-9-17(25)20(18(10-14)30-3)32-12-15-7-5-6-8-16(15)24/h5-11,13H,4,12H2,1-3H3/b19-11+/t13-/m0/s1. The van der Waals surface area contributed by atoms with Crippen molar-refractivity contribution in [1.29, 1.82) is 0 Å². The first-order valence-electron chi connectivity index (χ1n) is 9.94. The van der Waals surface area contributed by atoms with Gasteiger partial charge in [0.25, 0.3) is 11.1 Å². The van der Waals surface area contributed by atoms with Gasteiger partial charge in [0.2, 0.25) is 0 Å². The topological polar surface area (TPSA) is 82.1 Å². The molecule has 0 radical (unpaired) electrons. The number of hydrogen-bond acceptors (Lipinski definition) is 7. The first-order chi connectivity index (χ1) is 15.8. The van der Waals surface area contributed by atoms with Crippen LogP contribution >= 0.6 is 35.0 Å². The van der Waals surface area contributed by atoms with Crippen LogP contribution in [0.2, 0.25) is 10.0 Å². The number of esters is 1. The smallest absolute Gasteiger partial charge is 0.329 e. The summed E-state index contributed by atoms with van der Waals surface area (Å²) >= 11 is 13.3. The fourth-order valence-electron chi connectivity index (χ4n) is 3.06. The lowest BCUT2D eigenvalue weighted by Gasteiger charge is -2.19. The molecule has 0 spiro atoms. The maximum Gasteiger partial charge on any atom is 0.329 e. The summed E-state index contributed by atoms with van der Waals surface area (Å²) in [5.74, 6) is -0.564. The van der Waals surface area contributed by atoms with E-state index >= 15 is 0 Å². The summed E-state index contributed by atoms with van der Waals surface area (Å²) in [7, 11) is 1.46. The van der Waals surface area contributed by atoms with Gasteiger partial charge in [-0.25, -0.2) is 4.79 Å². The fraction of sp³-hybridized carbons (Fsp3) is 0.261. The van der Waals surface area contributed by atoms with Gasteiger partial charge >= 0.3 is 5.97 Å². The molecule has 1 saturated heterocycles. The zero-order valence-corrected chi connectivity index (χ0v) is 20.4. The number of halogens is 2. The van der Waals surface area contributed by atoms with Crippen molar-refractivity contribution in [3.8, 4) is 11.5 Å². The summed E-state index contributed by atoms with van der Waals surface area (Å²) in [4.78, 5) is 38.2. The van der Waals surface area contributed by atoms with Crippen molar-refractivity contribution >= 4 is 58.2 Å². The molecule has 0 bridgehead atoms. The maximum atomic E-state index is 12.8. The molecule has 0 unspecified atom stereocenters. The van der Waals surface area contributed by atoms with Gasteiger partial charge in [-0.05, 0) is 55.4 Å². The Morgan fingerprint density at radius 3 is 2.58 bits per heavy atom. The molecule has 10 heteroatoms. The molecule has 1 aliphatic heterocycles. The van der Waals surface area contributed by atoms with E-state index in [2.05, 4.69) is 0 Å². The van der Waals surface area contributed by atoms with Crippen LogP contribution in [0.15, 0.2) is 41.3 Å². The molecule has 0 aromatic heterocycles. The van der Waals surface area contributed by atoms with E-state index in [9.17, 15) is 14.4 Å². The van der Waals surface area contributed by atoms with E-state index in [1.54, 1.807) is 25.1 Å². The van der Waals surface area contributed by atoms with Gasteiger partial charge in [-0.15, -0.1) is 0 Å². The van der Waals surface area contributed by atoms with Crippen LogP contribution in [-0.2, 0) is 20.9 Å². The van der Waals surface area contributed by atoms with Gasteiger partial charge in [0.05, 0.1) is 23.6 Å². The lowest BCUT2D eigenvalue weighted by atomic mass is 10.1. The monoisotopic (exact) mass is 509 g/mol. The van der Waals surface area contributed by atoms with Crippen molar-refractivity contribution in [2.75, 3.05) is 13.7 Å². The van der Waals surface area contributed by atoms with Gasteiger partial charge < -0.3 is 14.2 Å². The SMILES string of the molecule is CCOC(=O)[C@H](C)N1C(=O)S/C(=C/c2cc(Cl)c(OCc3ccccc3Cl)c(OC)c2)C1=O. The predicted molar refractivity (Wildman–Crippen MR) is 128 cm³/mol. The number of ether oxygens (including phenoxy) is 3. The minimum absolute atomic E-state index is 0.151. The van der Waals surface area contributed by atoms with Crippen LogP contribution in [0.5, 0.6) is 11.5 Å².